The lowest BCUT2D eigenvalue weighted by Gasteiger charge is -2.25. The zero-order chi connectivity index (χ0) is 9.84. The molecule has 0 aromatic rings. The summed E-state index contributed by atoms with van der Waals surface area (Å²) >= 11 is 5.61. The first-order chi connectivity index (χ1) is 6.20. The summed E-state index contributed by atoms with van der Waals surface area (Å²) < 4.78 is 0. The van der Waals surface area contributed by atoms with Crippen molar-refractivity contribution in [3.8, 4) is 0 Å². The number of hydrogen-bond acceptors (Lipinski definition) is 2. The highest BCUT2D eigenvalue weighted by atomic mass is 35.5. The highest BCUT2D eigenvalue weighted by Gasteiger charge is 2.30. The standard InChI is InChI=1S/C9H16ClNO2/c1-7(5-10)9(13)11-4-2-3-8(11)6-12/h7-8,12H,2-6H2,1H3/t7?,8-/m1/s1. The van der Waals surface area contributed by atoms with E-state index in [1.807, 2.05) is 6.92 Å². The van der Waals surface area contributed by atoms with Crippen LogP contribution in [0.2, 0.25) is 0 Å². The summed E-state index contributed by atoms with van der Waals surface area (Å²) in [5.74, 6) is 0.299. The number of aliphatic hydroxyl groups is 1. The van der Waals surface area contributed by atoms with Gasteiger partial charge in [0.25, 0.3) is 0 Å². The molecule has 1 unspecified atom stereocenters. The van der Waals surface area contributed by atoms with Crippen LogP contribution < -0.4 is 0 Å². The minimum Gasteiger partial charge on any atom is -0.394 e. The Labute approximate surface area is 83.7 Å². The van der Waals surface area contributed by atoms with Gasteiger partial charge in [-0.05, 0) is 12.8 Å². The van der Waals surface area contributed by atoms with Gasteiger partial charge in [-0.15, -0.1) is 11.6 Å². The molecule has 1 heterocycles. The Bertz CT molecular complexity index is 186. The molecule has 1 N–H and O–H groups in total. The van der Waals surface area contributed by atoms with Crippen molar-refractivity contribution in [3.05, 3.63) is 0 Å². The number of likely N-dealkylation sites (tertiary alicyclic amines) is 1. The van der Waals surface area contributed by atoms with E-state index in [9.17, 15) is 4.79 Å². The summed E-state index contributed by atoms with van der Waals surface area (Å²) in [6.07, 6.45) is 1.91. The molecule has 0 spiro atoms. The van der Waals surface area contributed by atoms with Crippen molar-refractivity contribution >= 4 is 17.5 Å². The number of carbonyl (C=O) groups excluding carboxylic acids is 1. The maximum Gasteiger partial charge on any atom is 0.226 e. The van der Waals surface area contributed by atoms with E-state index in [0.29, 0.717) is 5.88 Å². The van der Waals surface area contributed by atoms with Gasteiger partial charge >= 0.3 is 0 Å². The van der Waals surface area contributed by atoms with Crippen molar-refractivity contribution in [2.45, 2.75) is 25.8 Å². The summed E-state index contributed by atoms with van der Waals surface area (Å²) in [6.45, 7) is 2.66. The van der Waals surface area contributed by atoms with Gasteiger partial charge in [0.15, 0.2) is 0 Å². The van der Waals surface area contributed by atoms with Crippen LogP contribution >= 0.6 is 11.6 Å². The second-order valence-electron chi connectivity index (χ2n) is 3.57. The van der Waals surface area contributed by atoms with Crippen molar-refractivity contribution in [1.29, 1.82) is 0 Å². The molecular weight excluding hydrogens is 190 g/mol. The van der Waals surface area contributed by atoms with Gasteiger partial charge in [-0.3, -0.25) is 4.79 Å². The Morgan fingerprint density at radius 3 is 3.00 bits per heavy atom. The lowest BCUT2D eigenvalue weighted by atomic mass is 10.1. The third-order valence-electron chi connectivity index (χ3n) is 2.52. The van der Waals surface area contributed by atoms with Crippen molar-refractivity contribution in [1.82, 2.24) is 4.90 Å². The van der Waals surface area contributed by atoms with E-state index in [1.165, 1.54) is 0 Å². The molecule has 1 saturated heterocycles. The number of carbonyl (C=O) groups is 1. The van der Waals surface area contributed by atoms with E-state index < -0.39 is 0 Å². The van der Waals surface area contributed by atoms with E-state index in [4.69, 9.17) is 16.7 Å². The number of hydrogen-bond donors (Lipinski definition) is 1. The first kappa shape index (κ1) is 10.8. The van der Waals surface area contributed by atoms with Gasteiger partial charge in [0.05, 0.1) is 12.6 Å². The van der Waals surface area contributed by atoms with Crippen molar-refractivity contribution in [2.75, 3.05) is 19.0 Å². The summed E-state index contributed by atoms with van der Waals surface area (Å²) in [5.41, 5.74) is 0. The lowest BCUT2D eigenvalue weighted by Crippen LogP contribution is -2.41. The zero-order valence-corrected chi connectivity index (χ0v) is 8.63. The van der Waals surface area contributed by atoms with E-state index in [2.05, 4.69) is 0 Å². The van der Waals surface area contributed by atoms with Crippen LogP contribution in [-0.4, -0.2) is 41.0 Å². The van der Waals surface area contributed by atoms with Gasteiger partial charge in [-0.25, -0.2) is 0 Å². The molecule has 13 heavy (non-hydrogen) atoms. The predicted octanol–water partition coefficient (Wildman–Crippen LogP) is 0.845. The Morgan fingerprint density at radius 2 is 2.46 bits per heavy atom. The second kappa shape index (κ2) is 4.82. The fourth-order valence-electron chi connectivity index (χ4n) is 1.66. The van der Waals surface area contributed by atoms with Crippen LogP contribution in [0, 0.1) is 5.92 Å². The Balaban J connectivity index is 2.54. The van der Waals surface area contributed by atoms with Gasteiger partial charge in [0.2, 0.25) is 5.91 Å². The summed E-state index contributed by atoms with van der Waals surface area (Å²) in [6, 6.07) is 0.0261. The minimum absolute atomic E-state index is 0.0261. The van der Waals surface area contributed by atoms with Gasteiger partial charge in [-0.2, -0.15) is 0 Å². The fourth-order valence-corrected chi connectivity index (χ4v) is 1.80. The maximum atomic E-state index is 11.7. The van der Waals surface area contributed by atoms with Crippen molar-refractivity contribution in [2.24, 2.45) is 5.92 Å². The maximum absolute atomic E-state index is 11.7. The minimum atomic E-state index is -0.131. The van der Waals surface area contributed by atoms with Crippen LogP contribution in [0.4, 0.5) is 0 Å². The molecule has 1 aliphatic rings. The van der Waals surface area contributed by atoms with Crippen LogP contribution in [0.3, 0.4) is 0 Å². The van der Waals surface area contributed by atoms with Crippen LogP contribution in [-0.2, 0) is 4.79 Å². The molecule has 1 aliphatic heterocycles. The summed E-state index contributed by atoms with van der Waals surface area (Å²) in [4.78, 5) is 13.4. The van der Waals surface area contributed by atoms with Crippen LogP contribution in [0.15, 0.2) is 0 Å². The first-order valence-corrected chi connectivity index (χ1v) is 5.21. The van der Waals surface area contributed by atoms with Crippen LogP contribution in [0.25, 0.3) is 0 Å². The molecule has 0 aromatic heterocycles. The average molecular weight is 206 g/mol. The molecular formula is C9H16ClNO2. The number of aliphatic hydroxyl groups excluding tert-OH is 1. The fraction of sp³-hybridized carbons (Fsp3) is 0.889. The molecule has 1 fully saturated rings. The summed E-state index contributed by atoms with van der Waals surface area (Å²) in [7, 11) is 0. The van der Waals surface area contributed by atoms with E-state index in [-0.39, 0.29) is 24.5 Å². The monoisotopic (exact) mass is 205 g/mol. The number of nitrogens with zero attached hydrogens (tertiary/aromatic N) is 1. The normalized spacial score (nSPS) is 24.8. The quantitative estimate of drug-likeness (QED) is 0.694. The van der Waals surface area contributed by atoms with Crippen LogP contribution in [0.5, 0.6) is 0 Å². The van der Waals surface area contributed by atoms with Gasteiger partial charge < -0.3 is 10.0 Å². The molecule has 0 bridgehead atoms. The van der Waals surface area contributed by atoms with Gasteiger partial charge in [0.1, 0.15) is 0 Å². The molecule has 3 nitrogen and oxygen atoms in total. The number of halogens is 1. The highest BCUT2D eigenvalue weighted by Crippen LogP contribution is 2.19. The molecule has 0 saturated carbocycles. The lowest BCUT2D eigenvalue weighted by molar-refractivity contribution is -0.135. The Kier molecular flexibility index (Phi) is 4.00. The smallest absolute Gasteiger partial charge is 0.226 e. The Hall–Kier alpha value is -0.280. The van der Waals surface area contributed by atoms with Gasteiger partial charge in [0, 0.05) is 18.3 Å². The summed E-state index contributed by atoms with van der Waals surface area (Å²) in [5, 5.41) is 9.01. The third kappa shape index (κ3) is 2.35. The molecule has 4 heteroatoms. The highest BCUT2D eigenvalue weighted by molar-refractivity contribution is 6.19. The van der Waals surface area contributed by atoms with Crippen molar-refractivity contribution < 1.29 is 9.90 Å². The Morgan fingerprint density at radius 1 is 1.77 bits per heavy atom. The molecule has 0 aromatic carbocycles. The molecule has 2 atom stereocenters. The van der Waals surface area contributed by atoms with Gasteiger partial charge in [-0.1, -0.05) is 6.92 Å². The SMILES string of the molecule is CC(CCl)C(=O)N1CCC[C@@H]1CO. The second-order valence-corrected chi connectivity index (χ2v) is 3.87. The molecule has 0 aliphatic carbocycles. The molecule has 1 amide bonds. The van der Waals surface area contributed by atoms with Crippen molar-refractivity contribution in [3.63, 3.8) is 0 Å². The molecule has 76 valence electrons. The predicted molar refractivity (Wildman–Crippen MR) is 51.7 cm³/mol. The van der Waals surface area contributed by atoms with E-state index in [1.54, 1.807) is 4.90 Å². The van der Waals surface area contributed by atoms with E-state index >= 15 is 0 Å². The number of alkyl halides is 1. The van der Waals surface area contributed by atoms with Crippen LogP contribution in [0.1, 0.15) is 19.8 Å². The third-order valence-corrected chi connectivity index (χ3v) is 2.99. The number of amides is 1. The number of rotatable bonds is 3. The topological polar surface area (TPSA) is 40.5 Å². The van der Waals surface area contributed by atoms with E-state index in [0.717, 1.165) is 19.4 Å². The first-order valence-electron chi connectivity index (χ1n) is 4.68. The molecule has 0 radical (unpaired) electrons. The average Bonchev–Trinajstić information content (AvgIpc) is 2.62. The largest absolute Gasteiger partial charge is 0.394 e. The molecule has 1 rings (SSSR count). The zero-order valence-electron chi connectivity index (χ0n) is 7.87.